The summed E-state index contributed by atoms with van der Waals surface area (Å²) in [5.41, 5.74) is 2.18. The van der Waals surface area contributed by atoms with E-state index in [0.29, 0.717) is 43.1 Å². The minimum Gasteiger partial charge on any atom is -0.337 e. The molecule has 0 bridgehead atoms. The van der Waals surface area contributed by atoms with Crippen molar-refractivity contribution in [2.45, 2.75) is 25.2 Å². The lowest BCUT2D eigenvalue weighted by Gasteiger charge is -2.22. The summed E-state index contributed by atoms with van der Waals surface area (Å²) >= 11 is 0. The summed E-state index contributed by atoms with van der Waals surface area (Å²) in [5.74, 6) is -0.107. The molecule has 1 fully saturated rings. The Balaban J connectivity index is 1.78. The molecule has 0 radical (unpaired) electrons. The second kappa shape index (κ2) is 7.55. The monoisotopic (exact) mass is 373 g/mol. The lowest BCUT2D eigenvalue weighted by molar-refractivity contribution is 0.0764. The van der Waals surface area contributed by atoms with Crippen LogP contribution >= 0.6 is 0 Å². The molecule has 2 aromatic rings. The molecule has 0 saturated carbocycles. The average Bonchev–Trinajstić information content (AvgIpc) is 2.90. The van der Waals surface area contributed by atoms with E-state index in [2.05, 4.69) is 4.98 Å². The molecule has 1 saturated heterocycles. The molecule has 0 unspecified atom stereocenters. The second-order valence-corrected chi connectivity index (χ2v) is 8.47. The zero-order chi connectivity index (χ0) is 18.7. The van der Waals surface area contributed by atoms with Crippen LogP contribution < -0.4 is 0 Å². The number of nitrogens with zero attached hydrogens (tertiary/aromatic N) is 3. The van der Waals surface area contributed by atoms with Crippen LogP contribution in [0, 0.1) is 13.8 Å². The number of carbonyl (C=O) groups excluding carboxylic acids is 1. The number of rotatable bonds is 3. The summed E-state index contributed by atoms with van der Waals surface area (Å²) < 4.78 is 27.6. The third-order valence-electron chi connectivity index (χ3n) is 4.61. The fourth-order valence-corrected chi connectivity index (χ4v) is 4.91. The van der Waals surface area contributed by atoms with Crippen molar-refractivity contribution >= 4 is 15.9 Å². The fourth-order valence-electron chi connectivity index (χ4n) is 3.13. The Kier molecular flexibility index (Phi) is 5.38. The van der Waals surface area contributed by atoms with Gasteiger partial charge in [-0.15, -0.1) is 0 Å². The molecule has 0 spiro atoms. The van der Waals surface area contributed by atoms with Gasteiger partial charge in [-0.05, 0) is 49.6 Å². The van der Waals surface area contributed by atoms with Gasteiger partial charge in [0.15, 0.2) is 0 Å². The Hall–Kier alpha value is -2.25. The molecule has 6 nitrogen and oxygen atoms in total. The van der Waals surface area contributed by atoms with E-state index in [0.717, 1.165) is 11.1 Å². The highest BCUT2D eigenvalue weighted by Crippen LogP contribution is 2.22. The maximum absolute atomic E-state index is 13.1. The Labute approximate surface area is 154 Å². The van der Waals surface area contributed by atoms with Gasteiger partial charge in [0, 0.05) is 38.6 Å². The van der Waals surface area contributed by atoms with Gasteiger partial charge in [-0.3, -0.25) is 9.78 Å². The lowest BCUT2D eigenvalue weighted by atomic mass is 10.2. The van der Waals surface area contributed by atoms with Crippen molar-refractivity contribution in [1.29, 1.82) is 0 Å². The van der Waals surface area contributed by atoms with Crippen molar-refractivity contribution in [3.8, 4) is 0 Å². The van der Waals surface area contributed by atoms with Crippen LogP contribution in [-0.4, -0.2) is 54.7 Å². The molecule has 2 heterocycles. The lowest BCUT2D eigenvalue weighted by Crippen LogP contribution is -2.37. The van der Waals surface area contributed by atoms with Crippen molar-refractivity contribution in [3.05, 3.63) is 59.4 Å². The van der Waals surface area contributed by atoms with E-state index >= 15 is 0 Å². The predicted molar refractivity (Wildman–Crippen MR) is 99.4 cm³/mol. The maximum Gasteiger partial charge on any atom is 0.255 e. The first-order valence-electron chi connectivity index (χ1n) is 8.66. The van der Waals surface area contributed by atoms with Crippen molar-refractivity contribution in [2.24, 2.45) is 0 Å². The van der Waals surface area contributed by atoms with Crippen LogP contribution in [0.5, 0.6) is 0 Å². The van der Waals surface area contributed by atoms with Crippen LogP contribution in [0.1, 0.15) is 27.9 Å². The van der Waals surface area contributed by atoms with E-state index in [1.165, 1.54) is 10.5 Å². The van der Waals surface area contributed by atoms with E-state index in [-0.39, 0.29) is 5.91 Å². The summed E-state index contributed by atoms with van der Waals surface area (Å²) in [6.45, 7) is 5.30. The topological polar surface area (TPSA) is 70.6 Å². The highest BCUT2D eigenvalue weighted by Gasteiger charge is 2.29. The molecule has 1 amide bonds. The number of carbonyl (C=O) groups is 1. The minimum atomic E-state index is -3.57. The van der Waals surface area contributed by atoms with E-state index in [4.69, 9.17) is 0 Å². The van der Waals surface area contributed by atoms with Crippen LogP contribution in [0.2, 0.25) is 0 Å². The molecule has 7 heteroatoms. The first kappa shape index (κ1) is 18.5. The van der Waals surface area contributed by atoms with Gasteiger partial charge in [-0.2, -0.15) is 4.31 Å². The van der Waals surface area contributed by atoms with E-state index in [1.807, 2.05) is 26.0 Å². The zero-order valence-electron chi connectivity index (χ0n) is 15.1. The van der Waals surface area contributed by atoms with E-state index in [9.17, 15) is 13.2 Å². The first-order chi connectivity index (χ1) is 12.4. The first-order valence-corrected chi connectivity index (χ1v) is 10.1. The number of aromatic nitrogens is 1. The fraction of sp³-hybridized carbons (Fsp3) is 0.368. The molecule has 0 N–H and O–H groups in total. The van der Waals surface area contributed by atoms with Crippen molar-refractivity contribution in [1.82, 2.24) is 14.2 Å². The van der Waals surface area contributed by atoms with Crippen molar-refractivity contribution in [3.63, 3.8) is 0 Å². The highest BCUT2D eigenvalue weighted by molar-refractivity contribution is 7.89. The number of pyridine rings is 1. The van der Waals surface area contributed by atoms with Gasteiger partial charge < -0.3 is 4.90 Å². The number of hydrogen-bond donors (Lipinski definition) is 0. The average molecular weight is 373 g/mol. The van der Waals surface area contributed by atoms with Gasteiger partial charge in [0.25, 0.3) is 5.91 Å². The zero-order valence-corrected chi connectivity index (χ0v) is 15.9. The normalized spacial score (nSPS) is 16.3. The number of benzene rings is 1. The third kappa shape index (κ3) is 3.78. The van der Waals surface area contributed by atoms with Crippen LogP contribution in [0.15, 0.2) is 47.6 Å². The smallest absolute Gasteiger partial charge is 0.255 e. The number of sulfonamides is 1. The number of hydrogen-bond acceptors (Lipinski definition) is 4. The van der Waals surface area contributed by atoms with Gasteiger partial charge in [0.2, 0.25) is 10.0 Å². The molecule has 1 aliphatic heterocycles. The van der Waals surface area contributed by atoms with E-state index in [1.54, 1.807) is 29.3 Å². The second-order valence-electron chi connectivity index (χ2n) is 6.56. The number of amides is 1. The largest absolute Gasteiger partial charge is 0.337 e. The van der Waals surface area contributed by atoms with Crippen LogP contribution in [-0.2, 0) is 10.0 Å². The molecular formula is C19H23N3O3S. The highest BCUT2D eigenvalue weighted by atomic mass is 32.2. The number of aryl methyl sites for hydroxylation is 2. The van der Waals surface area contributed by atoms with Gasteiger partial charge in [0.1, 0.15) is 0 Å². The summed E-state index contributed by atoms with van der Waals surface area (Å²) in [6.07, 6.45) is 3.77. The molecule has 0 atom stereocenters. The van der Waals surface area contributed by atoms with Crippen LogP contribution in [0.3, 0.4) is 0 Å². The van der Waals surface area contributed by atoms with Gasteiger partial charge in [-0.25, -0.2) is 8.42 Å². The Morgan fingerprint density at radius 1 is 1.08 bits per heavy atom. The molecule has 1 aromatic heterocycles. The Morgan fingerprint density at radius 2 is 1.88 bits per heavy atom. The molecule has 0 aliphatic carbocycles. The quantitative estimate of drug-likeness (QED) is 0.827. The molecule has 26 heavy (non-hydrogen) atoms. The van der Waals surface area contributed by atoms with E-state index < -0.39 is 10.0 Å². The van der Waals surface area contributed by atoms with Crippen LogP contribution in [0.4, 0.5) is 0 Å². The van der Waals surface area contributed by atoms with Gasteiger partial charge in [0.05, 0.1) is 10.5 Å². The summed E-state index contributed by atoms with van der Waals surface area (Å²) in [6, 6.07) is 8.91. The molecule has 1 aliphatic rings. The minimum absolute atomic E-state index is 0.107. The molecule has 3 rings (SSSR count). The van der Waals surface area contributed by atoms with Gasteiger partial charge >= 0.3 is 0 Å². The standard InChI is InChI=1S/C19H23N3O3S/c1-15-6-7-16(2)18(13-15)26(24,25)22-10-4-9-21(11-12-22)19(23)17-5-3-8-20-14-17/h3,5-8,13-14H,4,9-12H2,1-2H3. The summed E-state index contributed by atoms with van der Waals surface area (Å²) in [4.78, 5) is 18.6. The maximum atomic E-state index is 13.1. The predicted octanol–water partition coefficient (Wildman–Crippen LogP) is 2.24. The Bertz CT molecular complexity index is 898. The van der Waals surface area contributed by atoms with Crippen LogP contribution in [0.25, 0.3) is 0 Å². The summed E-state index contributed by atoms with van der Waals surface area (Å²) in [7, 11) is -3.57. The Morgan fingerprint density at radius 3 is 2.62 bits per heavy atom. The van der Waals surface area contributed by atoms with Crippen molar-refractivity contribution in [2.75, 3.05) is 26.2 Å². The summed E-state index contributed by atoms with van der Waals surface area (Å²) in [5, 5.41) is 0. The molecule has 1 aromatic carbocycles. The molecular weight excluding hydrogens is 350 g/mol. The molecule has 138 valence electrons. The van der Waals surface area contributed by atoms with Crippen molar-refractivity contribution < 1.29 is 13.2 Å². The van der Waals surface area contributed by atoms with Gasteiger partial charge in [-0.1, -0.05) is 12.1 Å². The SMILES string of the molecule is Cc1ccc(C)c(S(=O)(=O)N2CCCN(C(=O)c3cccnc3)CC2)c1. The third-order valence-corrected chi connectivity index (χ3v) is 6.65.